The Labute approximate surface area is 178 Å². The molecule has 0 fully saturated rings. The van der Waals surface area contributed by atoms with E-state index < -0.39 is 0 Å². The summed E-state index contributed by atoms with van der Waals surface area (Å²) < 4.78 is 0. The van der Waals surface area contributed by atoms with Gasteiger partial charge in [-0.05, 0) is 50.2 Å². The fraction of sp³-hybridized carbons (Fsp3) is 0.136. The van der Waals surface area contributed by atoms with Gasteiger partial charge in [0.25, 0.3) is 5.91 Å². The van der Waals surface area contributed by atoms with Crippen molar-refractivity contribution in [3.05, 3.63) is 82.9 Å². The van der Waals surface area contributed by atoms with Crippen LogP contribution in [0.25, 0.3) is 10.6 Å². The minimum absolute atomic E-state index is 0.170. The van der Waals surface area contributed by atoms with E-state index >= 15 is 0 Å². The van der Waals surface area contributed by atoms with Crippen LogP contribution in [0.1, 0.15) is 27.4 Å². The molecule has 0 aliphatic carbocycles. The number of carbonyl (C=O) groups excluding carboxylic acids is 1. The van der Waals surface area contributed by atoms with Crippen LogP contribution in [-0.2, 0) is 6.54 Å². The van der Waals surface area contributed by atoms with Crippen LogP contribution in [0.2, 0.25) is 0 Å². The first kappa shape index (κ1) is 19.7. The van der Waals surface area contributed by atoms with Crippen molar-refractivity contribution in [2.75, 3.05) is 5.32 Å². The molecule has 1 amide bonds. The van der Waals surface area contributed by atoms with E-state index in [0.717, 1.165) is 33.3 Å². The van der Waals surface area contributed by atoms with Gasteiger partial charge >= 0.3 is 0 Å². The van der Waals surface area contributed by atoms with E-state index in [0.29, 0.717) is 18.1 Å². The van der Waals surface area contributed by atoms with Gasteiger partial charge in [0.15, 0.2) is 0 Å². The van der Waals surface area contributed by atoms with E-state index in [9.17, 15) is 4.79 Å². The number of hydrogen-bond acceptors (Lipinski definition) is 7. The SMILES string of the molecule is Cc1cc(C)nc(Nc2cccc(C(=O)NCc3csc(-c4cccnc4)n3)c2)n1. The number of benzene rings is 1. The van der Waals surface area contributed by atoms with Crippen LogP contribution in [0, 0.1) is 13.8 Å². The first-order chi connectivity index (χ1) is 14.6. The van der Waals surface area contributed by atoms with E-state index in [1.165, 1.54) is 11.3 Å². The van der Waals surface area contributed by atoms with E-state index in [1.54, 1.807) is 24.5 Å². The maximum absolute atomic E-state index is 12.6. The monoisotopic (exact) mass is 416 g/mol. The van der Waals surface area contributed by atoms with Crippen LogP contribution in [-0.4, -0.2) is 25.8 Å². The average molecular weight is 417 g/mol. The predicted molar refractivity (Wildman–Crippen MR) is 118 cm³/mol. The molecule has 0 atom stereocenters. The van der Waals surface area contributed by atoms with Crippen molar-refractivity contribution in [1.29, 1.82) is 0 Å². The molecule has 30 heavy (non-hydrogen) atoms. The zero-order valence-electron chi connectivity index (χ0n) is 16.6. The number of aryl methyl sites for hydroxylation is 2. The number of anilines is 2. The molecule has 0 saturated carbocycles. The lowest BCUT2D eigenvalue weighted by molar-refractivity contribution is 0.0950. The second kappa shape index (κ2) is 8.79. The third kappa shape index (κ3) is 4.84. The number of amides is 1. The molecule has 0 spiro atoms. The smallest absolute Gasteiger partial charge is 0.251 e. The molecule has 0 radical (unpaired) electrons. The number of nitrogens with one attached hydrogen (secondary N) is 2. The second-order valence-electron chi connectivity index (χ2n) is 6.75. The minimum atomic E-state index is -0.170. The van der Waals surface area contributed by atoms with E-state index in [4.69, 9.17) is 0 Å². The normalized spacial score (nSPS) is 10.6. The summed E-state index contributed by atoms with van der Waals surface area (Å²) in [4.78, 5) is 30.0. The van der Waals surface area contributed by atoms with Crippen molar-refractivity contribution in [3.63, 3.8) is 0 Å². The summed E-state index contributed by atoms with van der Waals surface area (Å²) in [6.45, 7) is 4.19. The quantitative estimate of drug-likeness (QED) is 0.487. The molecule has 0 aliphatic heterocycles. The fourth-order valence-corrected chi connectivity index (χ4v) is 3.74. The van der Waals surface area contributed by atoms with Gasteiger partial charge in [-0.1, -0.05) is 6.07 Å². The Hall–Kier alpha value is -3.65. The van der Waals surface area contributed by atoms with Gasteiger partial charge in [0.05, 0.1) is 12.2 Å². The van der Waals surface area contributed by atoms with Gasteiger partial charge in [0.2, 0.25) is 5.95 Å². The van der Waals surface area contributed by atoms with Crippen LogP contribution in [0.4, 0.5) is 11.6 Å². The number of hydrogen-bond donors (Lipinski definition) is 2. The fourth-order valence-electron chi connectivity index (χ4n) is 2.93. The summed E-state index contributed by atoms with van der Waals surface area (Å²) in [6.07, 6.45) is 3.51. The maximum atomic E-state index is 12.6. The number of pyridine rings is 1. The lowest BCUT2D eigenvalue weighted by Crippen LogP contribution is -2.23. The minimum Gasteiger partial charge on any atom is -0.346 e. The van der Waals surface area contributed by atoms with Crippen LogP contribution >= 0.6 is 11.3 Å². The van der Waals surface area contributed by atoms with Crippen molar-refractivity contribution in [2.24, 2.45) is 0 Å². The number of nitrogens with zero attached hydrogens (tertiary/aromatic N) is 4. The van der Waals surface area contributed by atoms with Gasteiger partial charge in [0.1, 0.15) is 5.01 Å². The van der Waals surface area contributed by atoms with Crippen molar-refractivity contribution in [3.8, 4) is 10.6 Å². The molecule has 3 aromatic heterocycles. The molecule has 0 bridgehead atoms. The standard InChI is InChI=1S/C22H20N6OS/c1-14-9-15(2)26-22(25-14)28-18-7-3-5-16(10-18)20(29)24-12-19-13-30-21(27-19)17-6-4-8-23-11-17/h3-11,13H,12H2,1-2H3,(H,24,29)(H,25,26,28). The lowest BCUT2D eigenvalue weighted by atomic mass is 10.2. The highest BCUT2D eigenvalue weighted by Crippen LogP contribution is 2.22. The Balaban J connectivity index is 1.40. The molecular weight excluding hydrogens is 396 g/mol. The molecule has 4 rings (SSSR count). The maximum Gasteiger partial charge on any atom is 0.251 e. The third-order valence-corrected chi connectivity index (χ3v) is 5.19. The molecule has 1 aromatic carbocycles. The molecule has 0 aliphatic rings. The Morgan fingerprint density at radius 1 is 1.03 bits per heavy atom. The summed E-state index contributed by atoms with van der Waals surface area (Å²) >= 11 is 1.53. The largest absolute Gasteiger partial charge is 0.346 e. The molecule has 3 heterocycles. The molecular formula is C22H20N6OS. The molecule has 150 valence electrons. The van der Waals surface area contributed by atoms with Crippen molar-refractivity contribution in [2.45, 2.75) is 20.4 Å². The Bertz CT molecular complexity index is 1150. The highest BCUT2D eigenvalue weighted by molar-refractivity contribution is 7.13. The van der Waals surface area contributed by atoms with E-state index in [2.05, 4.69) is 30.6 Å². The Morgan fingerprint density at radius 3 is 2.63 bits per heavy atom. The third-order valence-electron chi connectivity index (χ3n) is 4.25. The molecule has 0 unspecified atom stereocenters. The van der Waals surface area contributed by atoms with Crippen LogP contribution < -0.4 is 10.6 Å². The Kier molecular flexibility index (Phi) is 5.76. The first-order valence-corrected chi connectivity index (χ1v) is 10.3. The average Bonchev–Trinajstić information content (AvgIpc) is 3.21. The number of carbonyl (C=O) groups is 1. The summed E-state index contributed by atoms with van der Waals surface area (Å²) in [5.74, 6) is 0.339. The van der Waals surface area contributed by atoms with Gasteiger partial charge in [-0.15, -0.1) is 11.3 Å². The highest BCUT2D eigenvalue weighted by atomic mass is 32.1. The number of rotatable bonds is 6. The van der Waals surface area contributed by atoms with Crippen molar-refractivity contribution >= 4 is 28.9 Å². The zero-order valence-corrected chi connectivity index (χ0v) is 17.4. The van der Waals surface area contributed by atoms with E-state index in [-0.39, 0.29) is 5.91 Å². The number of thiazole rings is 1. The first-order valence-electron chi connectivity index (χ1n) is 9.39. The van der Waals surface area contributed by atoms with E-state index in [1.807, 2.05) is 49.6 Å². The van der Waals surface area contributed by atoms with Gasteiger partial charge in [-0.3, -0.25) is 9.78 Å². The predicted octanol–water partition coefficient (Wildman–Crippen LogP) is 4.29. The summed E-state index contributed by atoms with van der Waals surface area (Å²) in [6, 6.07) is 13.0. The molecule has 7 nitrogen and oxygen atoms in total. The number of aromatic nitrogens is 4. The van der Waals surface area contributed by atoms with Crippen LogP contribution in [0.3, 0.4) is 0 Å². The summed E-state index contributed by atoms with van der Waals surface area (Å²) in [7, 11) is 0. The van der Waals surface area contributed by atoms with Crippen molar-refractivity contribution < 1.29 is 4.79 Å². The van der Waals surface area contributed by atoms with Gasteiger partial charge < -0.3 is 10.6 Å². The molecule has 4 aromatic rings. The van der Waals surface area contributed by atoms with Crippen LogP contribution in [0.15, 0.2) is 60.2 Å². The van der Waals surface area contributed by atoms with Crippen LogP contribution in [0.5, 0.6) is 0 Å². The second-order valence-corrected chi connectivity index (χ2v) is 7.61. The Morgan fingerprint density at radius 2 is 1.87 bits per heavy atom. The molecule has 8 heteroatoms. The highest BCUT2D eigenvalue weighted by Gasteiger charge is 2.10. The zero-order chi connectivity index (χ0) is 20.9. The molecule has 2 N–H and O–H groups in total. The van der Waals surface area contributed by atoms with Gasteiger partial charge in [-0.2, -0.15) is 0 Å². The van der Waals surface area contributed by atoms with Crippen molar-refractivity contribution in [1.82, 2.24) is 25.3 Å². The lowest BCUT2D eigenvalue weighted by Gasteiger charge is -2.09. The van der Waals surface area contributed by atoms with Gasteiger partial charge in [-0.25, -0.2) is 15.0 Å². The topological polar surface area (TPSA) is 92.7 Å². The summed E-state index contributed by atoms with van der Waals surface area (Å²) in [5, 5.41) is 8.90. The summed E-state index contributed by atoms with van der Waals surface area (Å²) in [5.41, 5.74) is 4.84. The molecule has 0 saturated heterocycles. The van der Waals surface area contributed by atoms with Gasteiger partial charge in [0, 0.05) is 46.0 Å².